The fraction of sp³-hybridized carbons (Fsp3) is 0.125. The molecule has 0 aliphatic carbocycles. The fourth-order valence-electron chi connectivity index (χ4n) is 2.27. The van der Waals surface area contributed by atoms with E-state index in [9.17, 15) is 0 Å². The number of rotatable bonds is 5. The molecule has 0 spiro atoms. The Bertz CT molecular complexity index is 935. The highest BCUT2D eigenvalue weighted by atomic mass is 32.1. The Morgan fingerprint density at radius 2 is 1.83 bits per heavy atom. The van der Waals surface area contributed by atoms with Gasteiger partial charge in [0.15, 0.2) is 21.8 Å². The molecule has 0 radical (unpaired) electrons. The Labute approximate surface area is 150 Å². The number of fused-ring (bicyclic) bond motifs is 1. The first-order chi connectivity index (χ1) is 11.8. The molecule has 0 saturated heterocycles. The van der Waals surface area contributed by atoms with Crippen LogP contribution in [0.3, 0.4) is 0 Å². The van der Waals surface area contributed by atoms with E-state index in [1.54, 1.807) is 48.2 Å². The highest BCUT2D eigenvalue weighted by Crippen LogP contribution is 2.37. The second-order valence-electron chi connectivity index (χ2n) is 4.83. The monoisotopic (exact) mass is 375 g/mol. The molecule has 0 fully saturated rings. The lowest BCUT2D eigenvalue weighted by molar-refractivity contribution is 0.356. The van der Waals surface area contributed by atoms with Gasteiger partial charge in [-0.1, -0.05) is 17.4 Å². The minimum atomic E-state index is 0.677. The van der Waals surface area contributed by atoms with Crippen LogP contribution < -0.4 is 14.8 Å². The predicted molar refractivity (Wildman–Crippen MR) is 101 cm³/mol. The molecule has 0 bridgehead atoms. The number of benzene rings is 1. The van der Waals surface area contributed by atoms with Gasteiger partial charge in [0.1, 0.15) is 0 Å². The quantitative estimate of drug-likeness (QED) is 0.517. The van der Waals surface area contributed by atoms with Gasteiger partial charge in [0.05, 0.1) is 35.0 Å². The fourth-order valence-corrected chi connectivity index (χ4v) is 4.68. The molecule has 24 heavy (non-hydrogen) atoms. The molecule has 4 rings (SSSR count). The van der Waals surface area contributed by atoms with Crippen molar-refractivity contribution in [2.24, 2.45) is 0 Å². The Morgan fingerprint density at radius 3 is 2.58 bits per heavy atom. The molecule has 0 atom stereocenters. The molecule has 1 aromatic carbocycles. The number of nitrogens with one attached hydrogen (secondary N) is 1. The van der Waals surface area contributed by atoms with Crippen LogP contribution in [0.1, 0.15) is 0 Å². The number of anilines is 2. The predicted octanol–water partition coefficient (Wildman–Crippen LogP) is 5.24. The van der Waals surface area contributed by atoms with Crippen molar-refractivity contribution in [3.63, 3.8) is 0 Å². The molecule has 1 N–H and O–H groups in total. The SMILES string of the molecule is COc1cc2nc(Nc3nc(-c4cccs4)cs3)sc2cc1OC. The molecular formula is C16H13N3O2S3. The number of methoxy groups -OCH3 is 2. The summed E-state index contributed by atoms with van der Waals surface area (Å²) in [6, 6.07) is 7.92. The normalized spacial score (nSPS) is 10.9. The third kappa shape index (κ3) is 2.83. The van der Waals surface area contributed by atoms with Gasteiger partial charge in [0, 0.05) is 17.5 Å². The summed E-state index contributed by atoms with van der Waals surface area (Å²) in [5, 5.41) is 9.02. The van der Waals surface area contributed by atoms with E-state index in [0.717, 1.165) is 31.1 Å². The summed E-state index contributed by atoms with van der Waals surface area (Å²) < 4.78 is 11.7. The molecule has 8 heteroatoms. The molecule has 0 amide bonds. The van der Waals surface area contributed by atoms with Crippen LogP contribution in [0.15, 0.2) is 35.0 Å². The van der Waals surface area contributed by atoms with Crippen molar-refractivity contribution in [3.8, 4) is 22.1 Å². The highest BCUT2D eigenvalue weighted by Gasteiger charge is 2.12. The van der Waals surface area contributed by atoms with E-state index in [4.69, 9.17) is 9.47 Å². The maximum Gasteiger partial charge on any atom is 0.190 e. The summed E-state index contributed by atoms with van der Waals surface area (Å²) in [7, 11) is 3.25. The van der Waals surface area contributed by atoms with Gasteiger partial charge >= 0.3 is 0 Å². The first-order valence-corrected chi connectivity index (χ1v) is 9.63. The molecule has 3 heterocycles. The van der Waals surface area contributed by atoms with Crippen LogP contribution in [0.4, 0.5) is 10.3 Å². The molecular weight excluding hydrogens is 362 g/mol. The van der Waals surface area contributed by atoms with Crippen molar-refractivity contribution in [2.75, 3.05) is 19.5 Å². The second-order valence-corrected chi connectivity index (χ2v) is 7.67. The van der Waals surface area contributed by atoms with Crippen LogP contribution in [-0.2, 0) is 0 Å². The van der Waals surface area contributed by atoms with Gasteiger partial charge in [0.25, 0.3) is 0 Å². The van der Waals surface area contributed by atoms with Crippen molar-refractivity contribution in [2.45, 2.75) is 0 Å². The van der Waals surface area contributed by atoms with Crippen molar-refractivity contribution in [1.82, 2.24) is 9.97 Å². The lowest BCUT2D eigenvalue weighted by atomic mass is 10.3. The molecule has 3 aromatic heterocycles. The molecule has 0 saturated carbocycles. The number of aromatic nitrogens is 2. The highest BCUT2D eigenvalue weighted by molar-refractivity contribution is 7.22. The first-order valence-electron chi connectivity index (χ1n) is 7.06. The summed E-state index contributed by atoms with van der Waals surface area (Å²) in [6.07, 6.45) is 0. The van der Waals surface area contributed by atoms with Crippen LogP contribution in [-0.4, -0.2) is 24.2 Å². The van der Waals surface area contributed by atoms with Gasteiger partial charge in [-0.25, -0.2) is 9.97 Å². The average molecular weight is 376 g/mol. The summed E-state index contributed by atoms with van der Waals surface area (Å²) >= 11 is 4.81. The molecule has 0 aliphatic heterocycles. The van der Waals surface area contributed by atoms with E-state index in [1.165, 1.54) is 0 Å². The number of hydrogen-bond donors (Lipinski definition) is 1. The smallest absolute Gasteiger partial charge is 0.190 e. The van der Waals surface area contributed by atoms with Gasteiger partial charge in [0.2, 0.25) is 0 Å². The minimum Gasteiger partial charge on any atom is -0.493 e. The standard InChI is InChI=1S/C16H13N3O2S3/c1-20-11-6-9-14(7-12(11)21-2)24-16(17-9)19-15-18-10(8-23-15)13-4-3-5-22-13/h3-8H,1-2H3,(H,17,18,19). The Morgan fingerprint density at radius 1 is 1.00 bits per heavy atom. The maximum atomic E-state index is 5.34. The van der Waals surface area contributed by atoms with Crippen LogP contribution in [0.2, 0.25) is 0 Å². The molecule has 122 valence electrons. The van der Waals surface area contributed by atoms with E-state index in [-0.39, 0.29) is 0 Å². The Hall–Kier alpha value is -2.16. The summed E-state index contributed by atoms with van der Waals surface area (Å²) in [6.45, 7) is 0. The number of hydrogen-bond acceptors (Lipinski definition) is 8. The second kappa shape index (κ2) is 6.39. The van der Waals surface area contributed by atoms with Gasteiger partial charge < -0.3 is 14.8 Å². The average Bonchev–Trinajstić information content (AvgIpc) is 3.33. The van der Waals surface area contributed by atoms with Crippen molar-refractivity contribution < 1.29 is 9.47 Å². The van der Waals surface area contributed by atoms with Gasteiger partial charge in [-0.2, -0.15) is 0 Å². The van der Waals surface area contributed by atoms with E-state index < -0.39 is 0 Å². The molecule has 4 aromatic rings. The maximum absolute atomic E-state index is 5.34. The molecule has 5 nitrogen and oxygen atoms in total. The summed E-state index contributed by atoms with van der Waals surface area (Å²) in [5.74, 6) is 1.38. The Kier molecular flexibility index (Phi) is 4.09. The largest absolute Gasteiger partial charge is 0.493 e. The van der Waals surface area contributed by atoms with Gasteiger partial charge in [-0.15, -0.1) is 22.7 Å². The number of nitrogens with zero attached hydrogens (tertiary/aromatic N) is 2. The van der Waals surface area contributed by atoms with Gasteiger partial charge in [-0.05, 0) is 11.4 Å². The number of thiophene rings is 1. The minimum absolute atomic E-state index is 0.677. The molecule has 0 aliphatic rings. The van der Waals surface area contributed by atoms with Crippen LogP contribution in [0, 0.1) is 0 Å². The zero-order valence-corrected chi connectivity index (χ0v) is 15.3. The van der Waals surface area contributed by atoms with Crippen LogP contribution >= 0.6 is 34.0 Å². The third-order valence-corrected chi connectivity index (χ3v) is 5.97. The van der Waals surface area contributed by atoms with E-state index in [2.05, 4.69) is 26.7 Å². The topological polar surface area (TPSA) is 56.3 Å². The summed E-state index contributed by atoms with van der Waals surface area (Å²) in [4.78, 5) is 10.4. The van der Waals surface area contributed by atoms with Crippen LogP contribution in [0.5, 0.6) is 11.5 Å². The van der Waals surface area contributed by atoms with E-state index in [0.29, 0.717) is 11.5 Å². The van der Waals surface area contributed by atoms with E-state index >= 15 is 0 Å². The van der Waals surface area contributed by atoms with Gasteiger partial charge in [-0.3, -0.25) is 0 Å². The zero-order valence-electron chi connectivity index (χ0n) is 12.9. The van der Waals surface area contributed by atoms with Crippen molar-refractivity contribution >= 4 is 54.5 Å². The van der Waals surface area contributed by atoms with E-state index in [1.807, 2.05) is 23.6 Å². The van der Waals surface area contributed by atoms with Crippen LogP contribution in [0.25, 0.3) is 20.8 Å². The number of thiazole rings is 2. The Balaban J connectivity index is 1.63. The number of ether oxygens (including phenoxy) is 2. The lowest BCUT2D eigenvalue weighted by Crippen LogP contribution is -1.90. The lowest BCUT2D eigenvalue weighted by Gasteiger charge is -2.05. The van der Waals surface area contributed by atoms with Crippen molar-refractivity contribution in [1.29, 1.82) is 0 Å². The first kappa shape index (κ1) is 15.4. The summed E-state index contributed by atoms with van der Waals surface area (Å²) in [5.41, 5.74) is 1.86. The third-order valence-electron chi connectivity index (χ3n) is 3.39. The van der Waals surface area contributed by atoms with Crippen molar-refractivity contribution in [3.05, 3.63) is 35.0 Å². The molecule has 0 unspecified atom stereocenters. The zero-order chi connectivity index (χ0) is 16.5.